The Labute approximate surface area is 265 Å². The summed E-state index contributed by atoms with van der Waals surface area (Å²) in [5, 5.41) is 2.98. The minimum atomic E-state index is -0.655. The Morgan fingerprint density at radius 3 is 1.78 bits per heavy atom. The minimum Gasteiger partial charge on any atom is -0.489 e. The van der Waals surface area contributed by atoms with Crippen LogP contribution in [0.3, 0.4) is 0 Å². The second-order valence-corrected chi connectivity index (χ2v) is 12.4. The Morgan fingerprint density at radius 2 is 1.27 bits per heavy atom. The summed E-state index contributed by atoms with van der Waals surface area (Å²) in [4.78, 5) is 25.8. The molecule has 0 bridgehead atoms. The highest BCUT2D eigenvalue weighted by molar-refractivity contribution is 5.75. The summed E-state index contributed by atoms with van der Waals surface area (Å²) in [7, 11) is 0. The van der Waals surface area contributed by atoms with Crippen molar-refractivity contribution in [3.8, 4) is 11.5 Å². The molecule has 7 nitrogen and oxygen atoms in total. The summed E-state index contributed by atoms with van der Waals surface area (Å²) < 4.78 is 23.3. The molecule has 4 aromatic rings. The molecule has 1 fully saturated rings. The van der Waals surface area contributed by atoms with Crippen LogP contribution in [0.25, 0.3) is 0 Å². The van der Waals surface area contributed by atoms with Crippen molar-refractivity contribution in [2.24, 2.45) is 5.92 Å². The Hall–Kier alpha value is -4.78. The van der Waals surface area contributed by atoms with Crippen LogP contribution >= 0.6 is 0 Å². The van der Waals surface area contributed by atoms with Gasteiger partial charge in [-0.25, -0.2) is 4.79 Å². The third-order valence-electron chi connectivity index (χ3n) is 7.55. The second-order valence-electron chi connectivity index (χ2n) is 12.4. The molecule has 0 aromatic heterocycles. The smallest absolute Gasteiger partial charge is 0.408 e. The number of benzene rings is 4. The summed E-state index contributed by atoms with van der Waals surface area (Å²) in [5.74, 6) is 0.948. The lowest BCUT2D eigenvalue weighted by Crippen LogP contribution is -2.46. The minimum absolute atomic E-state index is 0.259. The highest BCUT2D eigenvalue weighted by Gasteiger charge is 2.40. The van der Waals surface area contributed by atoms with Gasteiger partial charge in [0.1, 0.15) is 36.4 Å². The van der Waals surface area contributed by atoms with Gasteiger partial charge in [0, 0.05) is 6.42 Å². The molecule has 0 aliphatic carbocycles. The summed E-state index contributed by atoms with van der Waals surface area (Å²) in [6.07, 6.45) is 0.472. The predicted octanol–water partition coefficient (Wildman–Crippen LogP) is 7.45. The quantitative estimate of drug-likeness (QED) is 0.168. The standard InChI is InChI=1S/C38H41NO6/c1-38(2,3)45-37(41)39-34(23-28-16-20-33(21-17-28)43-26-30-12-8-5-9-13-30)35-24-31(36(40)44-35)22-27-14-18-32(19-15-27)42-25-29-10-6-4-7-11-29/h4-21,31,34-35H,22-26H2,1-3H3,(H,39,41)/t31-,34+,35+/m1/s1. The fraction of sp³-hybridized carbons (Fsp3) is 0.316. The average Bonchev–Trinajstić information content (AvgIpc) is 3.39. The van der Waals surface area contributed by atoms with Crippen LogP contribution in [-0.2, 0) is 40.3 Å². The van der Waals surface area contributed by atoms with Gasteiger partial charge in [0.25, 0.3) is 0 Å². The Balaban J connectivity index is 1.20. The lowest BCUT2D eigenvalue weighted by Gasteiger charge is -2.26. The van der Waals surface area contributed by atoms with Gasteiger partial charge in [0.15, 0.2) is 0 Å². The highest BCUT2D eigenvalue weighted by atomic mass is 16.6. The van der Waals surface area contributed by atoms with Gasteiger partial charge in [0.2, 0.25) is 0 Å². The molecular weight excluding hydrogens is 566 g/mol. The molecule has 7 heteroatoms. The number of alkyl carbamates (subject to hydrolysis) is 1. The molecule has 3 atom stereocenters. The summed E-state index contributed by atoms with van der Waals surface area (Å²) in [6, 6.07) is 35.1. The molecule has 0 radical (unpaired) electrons. The highest BCUT2D eigenvalue weighted by Crippen LogP contribution is 2.29. The van der Waals surface area contributed by atoms with Gasteiger partial charge in [0.05, 0.1) is 12.0 Å². The van der Waals surface area contributed by atoms with Gasteiger partial charge in [-0.1, -0.05) is 84.9 Å². The number of amides is 1. The predicted molar refractivity (Wildman–Crippen MR) is 173 cm³/mol. The zero-order chi connectivity index (χ0) is 31.6. The maximum absolute atomic E-state index is 13.0. The van der Waals surface area contributed by atoms with E-state index in [0.717, 1.165) is 33.8 Å². The average molecular weight is 608 g/mol. The van der Waals surface area contributed by atoms with Crippen LogP contribution in [0.4, 0.5) is 4.79 Å². The maximum Gasteiger partial charge on any atom is 0.408 e. The third kappa shape index (κ3) is 9.86. The lowest BCUT2D eigenvalue weighted by molar-refractivity contribution is -0.145. The van der Waals surface area contributed by atoms with E-state index in [-0.39, 0.29) is 11.9 Å². The zero-order valence-corrected chi connectivity index (χ0v) is 26.1. The summed E-state index contributed by atoms with van der Waals surface area (Å²) >= 11 is 0. The first kappa shape index (κ1) is 31.6. The monoisotopic (exact) mass is 607 g/mol. The van der Waals surface area contributed by atoms with Crippen molar-refractivity contribution in [3.63, 3.8) is 0 Å². The molecule has 4 aromatic carbocycles. The largest absolute Gasteiger partial charge is 0.489 e. The molecule has 5 rings (SSSR count). The molecule has 0 saturated carbocycles. The number of carbonyl (C=O) groups is 2. The van der Waals surface area contributed by atoms with Gasteiger partial charge in [-0.15, -0.1) is 0 Å². The van der Waals surface area contributed by atoms with Crippen molar-refractivity contribution in [2.75, 3.05) is 0 Å². The van der Waals surface area contributed by atoms with Crippen LogP contribution in [0.2, 0.25) is 0 Å². The Bertz CT molecular complexity index is 1520. The number of hydrogen-bond donors (Lipinski definition) is 1. The topological polar surface area (TPSA) is 83.1 Å². The third-order valence-corrected chi connectivity index (χ3v) is 7.55. The molecule has 1 aliphatic heterocycles. The van der Waals surface area contributed by atoms with Crippen molar-refractivity contribution in [1.82, 2.24) is 5.32 Å². The second kappa shape index (κ2) is 14.8. The normalized spacial score (nSPS) is 16.8. The number of ether oxygens (including phenoxy) is 4. The molecule has 0 unspecified atom stereocenters. The van der Waals surface area contributed by atoms with Crippen molar-refractivity contribution < 1.29 is 28.5 Å². The number of hydrogen-bond acceptors (Lipinski definition) is 6. The number of carbonyl (C=O) groups excluding carboxylic acids is 2. The fourth-order valence-corrected chi connectivity index (χ4v) is 5.28. The molecule has 1 saturated heterocycles. The molecule has 1 amide bonds. The Kier molecular flexibility index (Phi) is 10.4. The van der Waals surface area contributed by atoms with Crippen molar-refractivity contribution in [2.45, 2.75) is 71.0 Å². The number of rotatable bonds is 12. The van der Waals surface area contributed by atoms with E-state index in [2.05, 4.69) is 5.32 Å². The summed E-state index contributed by atoms with van der Waals surface area (Å²) in [5.41, 5.74) is 3.54. The van der Waals surface area contributed by atoms with Gasteiger partial charge in [-0.2, -0.15) is 0 Å². The number of cyclic esters (lactones) is 1. The van der Waals surface area contributed by atoms with Gasteiger partial charge < -0.3 is 24.3 Å². The molecule has 234 valence electrons. The number of nitrogens with one attached hydrogen (secondary N) is 1. The van der Waals surface area contributed by atoms with E-state index in [0.29, 0.717) is 32.5 Å². The van der Waals surface area contributed by atoms with Crippen LogP contribution < -0.4 is 14.8 Å². The van der Waals surface area contributed by atoms with E-state index < -0.39 is 23.8 Å². The SMILES string of the molecule is CC(C)(C)OC(=O)N[C@@H](Cc1ccc(OCc2ccccc2)cc1)[C@@H]1C[C@@H](Cc2ccc(OCc3ccccc3)cc2)C(=O)O1. The molecule has 1 heterocycles. The van der Waals surface area contributed by atoms with Gasteiger partial charge in [-0.3, -0.25) is 4.79 Å². The summed E-state index contributed by atoms with van der Waals surface area (Å²) in [6.45, 7) is 6.43. The lowest BCUT2D eigenvalue weighted by atomic mass is 9.92. The van der Waals surface area contributed by atoms with Gasteiger partial charge in [-0.05, 0) is 80.1 Å². The van der Waals surface area contributed by atoms with E-state index in [1.165, 1.54) is 0 Å². The Morgan fingerprint density at radius 1 is 0.756 bits per heavy atom. The van der Waals surface area contributed by atoms with Crippen molar-refractivity contribution >= 4 is 12.1 Å². The van der Waals surface area contributed by atoms with E-state index in [1.54, 1.807) is 0 Å². The van der Waals surface area contributed by atoms with E-state index in [4.69, 9.17) is 18.9 Å². The van der Waals surface area contributed by atoms with Crippen LogP contribution in [0.15, 0.2) is 109 Å². The molecule has 0 spiro atoms. The first-order valence-corrected chi connectivity index (χ1v) is 15.4. The molecule has 45 heavy (non-hydrogen) atoms. The van der Waals surface area contributed by atoms with Gasteiger partial charge >= 0.3 is 12.1 Å². The van der Waals surface area contributed by atoms with Crippen LogP contribution in [0.5, 0.6) is 11.5 Å². The fourth-order valence-electron chi connectivity index (χ4n) is 5.28. The van der Waals surface area contributed by atoms with Crippen molar-refractivity contribution in [3.05, 3.63) is 131 Å². The first-order chi connectivity index (χ1) is 21.7. The molecule has 1 aliphatic rings. The van der Waals surface area contributed by atoms with E-state index >= 15 is 0 Å². The molecular formula is C38H41NO6. The van der Waals surface area contributed by atoms with Crippen molar-refractivity contribution in [1.29, 1.82) is 0 Å². The van der Waals surface area contributed by atoms with E-state index in [1.807, 2.05) is 130 Å². The first-order valence-electron chi connectivity index (χ1n) is 15.4. The van der Waals surface area contributed by atoms with Crippen LogP contribution in [0, 0.1) is 5.92 Å². The van der Waals surface area contributed by atoms with Crippen LogP contribution in [-0.4, -0.2) is 29.8 Å². The zero-order valence-electron chi connectivity index (χ0n) is 26.1. The molecule has 1 N–H and O–H groups in total. The maximum atomic E-state index is 13.0. The van der Waals surface area contributed by atoms with Crippen LogP contribution in [0.1, 0.15) is 49.4 Å². The number of esters is 1. The van der Waals surface area contributed by atoms with E-state index in [9.17, 15) is 9.59 Å².